The van der Waals surface area contributed by atoms with Gasteiger partial charge in [-0.05, 0) is 211 Å². The van der Waals surface area contributed by atoms with Crippen LogP contribution < -0.4 is 22.2 Å². The summed E-state index contributed by atoms with van der Waals surface area (Å²) in [5.41, 5.74) is 14.3. The van der Waals surface area contributed by atoms with E-state index in [4.69, 9.17) is 19.9 Å². The Hall–Kier alpha value is -10.8. The summed E-state index contributed by atoms with van der Waals surface area (Å²) in [6.07, 6.45) is 11.8. The number of benzene rings is 7. The Morgan fingerprint density at radius 3 is 1.01 bits per heavy atom. The summed E-state index contributed by atoms with van der Waals surface area (Å²) in [7, 11) is 0. The summed E-state index contributed by atoms with van der Waals surface area (Å²) in [6.45, 7) is 26.8. The van der Waals surface area contributed by atoms with Gasteiger partial charge in [0.2, 0.25) is 0 Å². The first-order chi connectivity index (χ1) is 48.7. The van der Waals surface area contributed by atoms with Crippen molar-refractivity contribution in [3.8, 4) is 35.5 Å². The van der Waals surface area contributed by atoms with Gasteiger partial charge >= 0.3 is 0 Å². The van der Waals surface area contributed by atoms with E-state index in [1.807, 2.05) is 146 Å². The molecule has 0 saturated heterocycles. The average molecular weight is 1360 g/mol. The van der Waals surface area contributed by atoms with Crippen LogP contribution in [0.25, 0.3) is 55.8 Å². The van der Waals surface area contributed by atoms with E-state index < -0.39 is 0 Å². The fourth-order valence-electron chi connectivity index (χ4n) is 13.8. The molecule has 0 saturated carbocycles. The molecule has 12 aromatic rings. The molecule has 0 fully saturated rings. The third kappa shape index (κ3) is 16.3. The Morgan fingerprint density at radius 2 is 0.667 bits per heavy atom. The van der Waals surface area contributed by atoms with Crippen LogP contribution >= 0.6 is 11.3 Å². The van der Waals surface area contributed by atoms with E-state index in [1.54, 1.807) is 11.3 Å². The van der Waals surface area contributed by atoms with Crippen molar-refractivity contribution in [2.24, 2.45) is 21.7 Å². The van der Waals surface area contributed by atoms with E-state index in [9.17, 15) is 19.2 Å². The summed E-state index contributed by atoms with van der Waals surface area (Å²) < 4.78 is 7.42. The van der Waals surface area contributed by atoms with Crippen molar-refractivity contribution in [1.82, 2.24) is 38.2 Å². The van der Waals surface area contributed by atoms with Gasteiger partial charge < -0.3 is 0 Å². The van der Waals surface area contributed by atoms with Crippen LogP contribution in [0.2, 0.25) is 0 Å². The first-order valence-electron chi connectivity index (χ1n) is 35.4. The number of fused-ring (bicyclic) bond motifs is 8. The molecule has 16 rings (SSSR count). The second-order valence-electron chi connectivity index (χ2n) is 31.0. The van der Waals surface area contributed by atoms with Crippen LogP contribution in [0.5, 0.6) is 0 Å². The topological polar surface area (TPSA) is 140 Å². The van der Waals surface area contributed by atoms with Gasteiger partial charge in [-0.25, -0.2) is 19.9 Å². The zero-order valence-corrected chi connectivity index (χ0v) is 61.2. The lowest BCUT2D eigenvalue weighted by Crippen LogP contribution is -2.36. The van der Waals surface area contributed by atoms with Gasteiger partial charge in [-0.1, -0.05) is 146 Å². The third-order valence-corrected chi connectivity index (χ3v) is 20.7. The first-order valence-corrected chi connectivity index (χ1v) is 36.3. The van der Waals surface area contributed by atoms with Gasteiger partial charge in [0, 0.05) is 90.1 Å². The molecule has 4 aliphatic heterocycles. The van der Waals surface area contributed by atoms with Crippen LogP contribution in [-0.4, -0.2) is 38.2 Å². The van der Waals surface area contributed by atoms with E-state index in [2.05, 4.69) is 160 Å². The minimum absolute atomic E-state index is 0.0651. The number of hydrogen-bond acceptors (Lipinski definition) is 9. The van der Waals surface area contributed by atoms with Crippen molar-refractivity contribution < 1.29 is 0 Å². The Bertz CT molecular complexity index is 5600. The summed E-state index contributed by atoms with van der Waals surface area (Å²) in [5, 5.41) is 4.88. The van der Waals surface area contributed by atoms with Crippen molar-refractivity contribution in [1.29, 1.82) is 0 Å². The highest BCUT2D eigenvalue weighted by atomic mass is 32.1. The molecule has 0 radical (unpaired) electrons. The smallest absolute Gasteiger partial charge is 0.261 e. The maximum absolute atomic E-state index is 12.9. The Labute approximate surface area is 601 Å². The highest BCUT2D eigenvalue weighted by Crippen LogP contribution is 2.34. The molecule has 0 amide bonds. The molecular formula is C89H86N8O4S. The number of nitrogens with zero attached hydrogens (tertiary/aromatic N) is 8. The number of rotatable bonds is 2. The minimum Gasteiger partial charge on any atom is -0.296 e. The predicted molar refractivity (Wildman–Crippen MR) is 417 cm³/mol. The van der Waals surface area contributed by atoms with Gasteiger partial charge in [0.25, 0.3) is 22.2 Å². The number of hydrogen-bond donors (Lipinski definition) is 0. The fraction of sp³-hybridized carbons (Fsp3) is 0.303. The van der Waals surface area contributed by atoms with Crippen LogP contribution in [0.3, 0.4) is 0 Å². The fourth-order valence-corrected chi connectivity index (χ4v) is 14.6. The molecular weight excluding hydrogens is 1280 g/mol. The molecule has 0 unspecified atom stereocenters. The Morgan fingerprint density at radius 1 is 0.343 bits per heavy atom. The number of aryl methyl sites for hydroxylation is 7. The molecule has 0 N–H and O–H groups in total. The van der Waals surface area contributed by atoms with Gasteiger partial charge in [0.05, 0.1) is 43.6 Å². The summed E-state index contributed by atoms with van der Waals surface area (Å²) >= 11 is 1.74. The molecule has 0 bridgehead atoms. The van der Waals surface area contributed by atoms with Gasteiger partial charge in [-0.3, -0.25) is 37.4 Å². The lowest BCUT2D eigenvalue weighted by molar-refractivity contribution is 0.240. The van der Waals surface area contributed by atoms with E-state index in [1.165, 1.54) is 21.6 Å². The molecule has 102 heavy (non-hydrogen) atoms. The van der Waals surface area contributed by atoms with E-state index in [0.717, 1.165) is 162 Å². The van der Waals surface area contributed by atoms with Crippen molar-refractivity contribution in [2.45, 2.75) is 154 Å². The summed E-state index contributed by atoms with van der Waals surface area (Å²) in [4.78, 5) is 71.8. The lowest BCUT2D eigenvalue weighted by atomic mass is 9.85. The van der Waals surface area contributed by atoms with Crippen molar-refractivity contribution in [2.75, 3.05) is 0 Å². The summed E-state index contributed by atoms with van der Waals surface area (Å²) in [5.74, 6) is 22.7. The number of thiophene rings is 1. The molecule has 12 nitrogen and oxygen atoms in total. The van der Waals surface area contributed by atoms with Crippen LogP contribution in [0.15, 0.2) is 182 Å². The van der Waals surface area contributed by atoms with Crippen molar-refractivity contribution in [3.05, 3.63) is 288 Å². The molecule has 9 heterocycles. The predicted octanol–water partition coefficient (Wildman–Crippen LogP) is 16.8. The van der Waals surface area contributed by atoms with Crippen molar-refractivity contribution >= 4 is 67.1 Å². The average Bonchev–Trinajstić information content (AvgIpc) is 0.795. The monoisotopic (exact) mass is 1360 g/mol. The standard InChI is InChI=1S/2C23H22N2O.C22H20N2O.C21H22N2OS/c2*1-16-5-4-6-17(13-16)7-8-18-9-10-19-20(14-18)24-21-11-12-23(2,3)15-25(21)22(19)26;1-22(2)13-12-20-23-19-14-17(9-8-16-6-4-3-5-7-16)10-11-18(19)21(25)24(20)15-22;1-14-10-16(25-12-14)6-4-15-5-7-17-18(11-15)22-19-8-9-21(2,3)13-23(19)20(17)24/h2*4-6,9-10,13-14H,11-12,15H2,1-3H3;3-7,10-11,14H,12-13,15H2,1-2H3;4-7,10-12H,8-9,13H2,1-3H3/b;;;6-4+. The summed E-state index contributed by atoms with van der Waals surface area (Å²) in [6, 6.07) is 51.4. The Kier molecular flexibility index (Phi) is 19.6. The molecule has 512 valence electrons. The van der Waals surface area contributed by atoms with Crippen molar-refractivity contribution in [3.63, 3.8) is 0 Å². The second kappa shape index (κ2) is 28.7. The molecule has 13 heteroatoms. The minimum atomic E-state index is 0.0651. The third-order valence-electron chi connectivity index (χ3n) is 19.7. The van der Waals surface area contributed by atoms with Gasteiger partial charge in [-0.15, -0.1) is 11.3 Å². The first kappa shape index (κ1) is 69.7. The molecule has 0 spiro atoms. The van der Waals surface area contributed by atoms with Crippen LogP contribution in [0.4, 0.5) is 0 Å². The Balaban J connectivity index is 0.000000121. The quantitative estimate of drug-likeness (QED) is 0.156. The van der Waals surface area contributed by atoms with Gasteiger partial charge in [-0.2, -0.15) is 0 Å². The highest BCUT2D eigenvalue weighted by Gasteiger charge is 2.31. The SMILES string of the molecule is CC1(C)CCc2nc3cc(C#Cc4ccccc4)ccc3c(=O)n2C1.Cc1cccc(C#Cc2ccc3c(=O)n4c(nc3c2)CCC(C)(C)C4)c1.Cc1cccc(C#Cc2ccc3c(=O)n4c(nc3c2)CCC(C)(C)C4)c1.Cc1csc(/C=C/c2ccc3c(=O)n4c(nc3c2)CCC(C)(C)C4)c1. The highest BCUT2D eigenvalue weighted by molar-refractivity contribution is 7.11. The van der Waals surface area contributed by atoms with E-state index in [0.29, 0.717) is 21.5 Å². The van der Waals surface area contributed by atoms with E-state index in [-0.39, 0.29) is 43.9 Å². The molecule has 0 aliphatic carbocycles. The van der Waals surface area contributed by atoms with Crippen LogP contribution in [0, 0.1) is 78.0 Å². The zero-order chi connectivity index (χ0) is 71.7. The lowest BCUT2D eigenvalue weighted by Gasteiger charge is -2.31. The van der Waals surface area contributed by atoms with Crippen LogP contribution in [-0.2, 0) is 51.9 Å². The van der Waals surface area contributed by atoms with Gasteiger partial charge in [0.15, 0.2) is 0 Å². The van der Waals surface area contributed by atoms with Gasteiger partial charge in [0.1, 0.15) is 23.3 Å². The maximum atomic E-state index is 12.9. The second-order valence-corrected chi connectivity index (χ2v) is 32.0. The maximum Gasteiger partial charge on any atom is 0.261 e. The molecule has 0 atom stereocenters. The molecule has 7 aromatic carbocycles. The normalized spacial score (nSPS) is 15.5. The number of aromatic nitrogens is 8. The largest absolute Gasteiger partial charge is 0.296 e. The van der Waals surface area contributed by atoms with E-state index >= 15 is 0 Å². The zero-order valence-electron chi connectivity index (χ0n) is 60.3. The van der Waals surface area contributed by atoms with Crippen LogP contribution in [0.1, 0.15) is 165 Å². The molecule has 5 aromatic heterocycles. The molecule has 4 aliphatic rings.